The van der Waals surface area contributed by atoms with Crippen LogP contribution in [-0.4, -0.2) is 58.5 Å². The number of primary amides is 1. The number of likely N-dealkylation sites (tertiary alicyclic amines) is 2. The fourth-order valence-electron chi connectivity index (χ4n) is 2.95. The number of aliphatic carboxylic acids is 1. The van der Waals surface area contributed by atoms with Crippen LogP contribution in [0.15, 0.2) is 0 Å². The molecule has 0 aliphatic carbocycles. The predicted octanol–water partition coefficient (Wildman–Crippen LogP) is 0.0987. The van der Waals surface area contributed by atoms with E-state index >= 15 is 0 Å². The van der Waals surface area contributed by atoms with E-state index in [0.29, 0.717) is 38.4 Å². The number of piperidine rings is 1. The number of carboxylic acid groups (broad SMARTS) is 1. The molecule has 112 valence electrons. The Hall–Kier alpha value is -1.79. The molecule has 7 nitrogen and oxygen atoms in total. The second-order valence-electron chi connectivity index (χ2n) is 5.79. The number of hydrogen-bond acceptors (Lipinski definition) is 3. The van der Waals surface area contributed by atoms with Gasteiger partial charge < -0.3 is 20.6 Å². The van der Waals surface area contributed by atoms with E-state index < -0.39 is 17.9 Å². The Morgan fingerprint density at radius 2 is 1.90 bits per heavy atom. The lowest BCUT2D eigenvalue weighted by Crippen LogP contribution is -2.54. The second-order valence-corrected chi connectivity index (χ2v) is 5.79. The molecule has 20 heavy (non-hydrogen) atoms. The first-order valence-electron chi connectivity index (χ1n) is 6.97. The number of rotatable bonds is 2. The van der Waals surface area contributed by atoms with E-state index in [9.17, 15) is 19.5 Å². The van der Waals surface area contributed by atoms with Gasteiger partial charge in [0.05, 0.1) is 5.92 Å². The molecule has 2 rings (SSSR count). The first-order valence-corrected chi connectivity index (χ1v) is 6.97. The lowest BCUT2D eigenvalue weighted by atomic mass is 9.93. The van der Waals surface area contributed by atoms with Gasteiger partial charge in [-0.25, -0.2) is 9.59 Å². The zero-order valence-corrected chi connectivity index (χ0v) is 11.6. The molecule has 0 aromatic carbocycles. The highest BCUT2D eigenvalue weighted by molar-refractivity contribution is 5.84. The van der Waals surface area contributed by atoms with Crippen molar-refractivity contribution in [2.24, 2.45) is 17.6 Å². The summed E-state index contributed by atoms with van der Waals surface area (Å²) in [6, 6.07) is -1.05. The Bertz CT molecular complexity index is 426. The molecule has 0 aromatic heterocycles. The van der Waals surface area contributed by atoms with Gasteiger partial charge in [-0.1, -0.05) is 6.92 Å². The summed E-state index contributed by atoms with van der Waals surface area (Å²) in [5.74, 6) is -1.37. The maximum Gasteiger partial charge on any atom is 0.326 e. The second kappa shape index (κ2) is 5.68. The molecular weight excluding hydrogens is 262 g/mol. The van der Waals surface area contributed by atoms with Gasteiger partial charge in [0.1, 0.15) is 6.04 Å². The van der Waals surface area contributed by atoms with E-state index in [4.69, 9.17) is 5.73 Å². The average Bonchev–Trinajstić information content (AvgIpc) is 2.87. The minimum atomic E-state index is -0.962. The molecule has 2 heterocycles. The van der Waals surface area contributed by atoms with Crippen LogP contribution in [0, 0.1) is 11.8 Å². The lowest BCUT2D eigenvalue weighted by Gasteiger charge is -2.38. The maximum absolute atomic E-state index is 12.4. The zero-order valence-electron chi connectivity index (χ0n) is 11.6. The summed E-state index contributed by atoms with van der Waals surface area (Å²) in [5, 5.41) is 9.27. The summed E-state index contributed by atoms with van der Waals surface area (Å²) in [6.07, 6.45) is 1.85. The Labute approximate surface area is 117 Å². The SMILES string of the molecule is CC1CCN(C(=O)N2CCC(C(N)=O)C2)C(C(=O)O)C1. The molecule has 0 saturated carbocycles. The molecule has 0 radical (unpaired) electrons. The van der Waals surface area contributed by atoms with Gasteiger partial charge in [-0.15, -0.1) is 0 Å². The Morgan fingerprint density at radius 3 is 2.45 bits per heavy atom. The molecule has 0 spiro atoms. The lowest BCUT2D eigenvalue weighted by molar-refractivity contribution is -0.144. The van der Waals surface area contributed by atoms with Gasteiger partial charge in [-0.05, 0) is 25.2 Å². The minimum Gasteiger partial charge on any atom is -0.480 e. The van der Waals surface area contributed by atoms with Gasteiger partial charge in [-0.3, -0.25) is 4.79 Å². The summed E-state index contributed by atoms with van der Waals surface area (Å²) in [7, 11) is 0. The predicted molar refractivity (Wildman–Crippen MR) is 70.8 cm³/mol. The summed E-state index contributed by atoms with van der Waals surface area (Å²) in [6.45, 7) is 3.21. The van der Waals surface area contributed by atoms with Crippen molar-refractivity contribution in [2.45, 2.75) is 32.2 Å². The first-order chi connectivity index (χ1) is 9.40. The number of carbonyl (C=O) groups excluding carboxylic acids is 2. The highest BCUT2D eigenvalue weighted by Crippen LogP contribution is 2.26. The molecule has 2 fully saturated rings. The van der Waals surface area contributed by atoms with Crippen LogP contribution in [0.2, 0.25) is 0 Å². The number of hydrogen-bond donors (Lipinski definition) is 2. The van der Waals surface area contributed by atoms with Crippen LogP contribution in [0.25, 0.3) is 0 Å². The molecule has 3 N–H and O–H groups in total. The van der Waals surface area contributed by atoms with Crippen molar-refractivity contribution < 1.29 is 19.5 Å². The van der Waals surface area contributed by atoms with Gasteiger partial charge in [0.15, 0.2) is 0 Å². The summed E-state index contributed by atoms with van der Waals surface area (Å²) in [4.78, 5) is 37.8. The number of nitrogens with two attached hydrogens (primary N) is 1. The summed E-state index contributed by atoms with van der Waals surface area (Å²) >= 11 is 0. The van der Waals surface area contributed by atoms with Crippen molar-refractivity contribution in [3.05, 3.63) is 0 Å². The smallest absolute Gasteiger partial charge is 0.326 e. The van der Waals surface area contributed by atoms with Gasteiger partial charge in [0.25, 0.3) is 0 Å². The highest BCUT2D eigenvalue weighted by atomic mass is 16.4. The minimum absolute atomic E-state index is 0.284. The van der Waals surface area contributed by atoms with Crippen molar-refractivity contribution in [3.63, 3.8) is 0 Å². The number of urea groups is 1. The molecule has 2 saturated heterocycles. The van der Waals surface area contributed by atoms with Crippen LogP contribution >= 0.6 is 0 Å². The molecule has 3 amide bonds. The number of amides is 3. The number of carboxylic acids is 1. The average molecular weight is 283 g/mol. The molecule has 3 atom stereocenters. The van der Waals surface area contributed by atoms with E-state index in [2.05, 4.69) is 0 Å². The Kier molecular flexibility index (Phi) is 4.15. The molecule has 0 bridgehead atoms. The third-order valence-corrected chi connectivity index (χ3v) is 4.26. The quantitative estimate of drug-likeness (QED) is 0.750. The molecule has 0 aromatic rings. The van der Waals surface area contributed by atoms with Crippen molar-refractivity contribution in [1.29, 1.82) is 0 Å². The third kappa shape index (κ3) is 2.86. The van der Waals surface area contributed by atoms with Crippen LogP contribution in [0.3, 0.4) is 0 Å². The highest BCUT2D eigenvalue weighted by Gasteiger charge is 2.39. The summed E-state index contributed by atoms with van der Waals surface area (Å²) < 4.78 is 0. The fourth-order valence-corrected chi connectivity index (χ4v) is 2.95. The van der Waals surface area contributed by atoms with Crippen molar-refractivity contribution in [3.8, 4) is 0 Å². The van der Waals surface area contributed by atoms with E-state index in [1.54, 1.807) is 4.90 Å². The van der Waals surface area contributed by atoms with Crippen molar-refractivity contribution >= 4 is 17.9 Å². The van der Waals surface area contributed by atoms with Gasteiger partial charge in [0, 0.05) is 19.6 Å². The Morgan fingerprint density at radius 1 is 1.20 bits per heavy atom. The molecular formula is C13H21N3O4. The van der Waals surface area contributed by atoms with E-state index in [0.717, 1.165) is 6.42 Å². The normalized spacial score (nSPS) is 30.4. The molecule has 7 heteroatoms. The third-order valence-electron chi connectivity index (χ3n) is 4.26. The van der Waals surface area contributed by atoms with E-state index in [-0.39, 0.29) is 11.9 Å². The Balaban J connectivity index is 2.04. The maximum atomic E-state index is 12.4. The van der Waals surface area contributed by atoms with Crippen molar-refractivity contribution in [1.82, 2.24) is 9.80 Å². The fraction of sp³-hybridized carbons (Fsp3) is 0.769. The monoisotopic (exact) mass is 283 g/mol. The first kappa shape index (κ1) is 14.6. The van der Waals surface area contributed by atoms with E-state index in [1.807, 2.05) is 6.92 Å². The molecule has 3 unspecified atom stereocenters. The number of nitrogens with zero attached hydrogens (tertiary/aromatic N) is 2. The van der Waals surface area contributed by atoms with Crippen LogP contribution in [0.1, 0.15) is 26.2 Å². The largest absolute Gasteiger partial charge is 0.480 e. The topological polar surface area (TPSA) is 104 Å². The van der Waals surface area contributed by atoms with Crippen LogP contribution in [0.4, 0.5) is 4.79 Å². The van der Waals surface area contributed by atoms with Gasteiger partial charge >= 0.3 is 12.0 Å². The zero-order chi connectivity index (χ0) is 14.9. The standard InChI is InChI=1S/C13H21N3O4/c1-8-2-5-16(10(6-8)12(18)19)13(20)15-4-3-9(7-15)11(14)17/h8-10H,2-7H2,1H3,(H2,14,17)(H,18,19). The number of carbonyl (C=O) groups is 3. The van der Waals surface area contributed by atoms with Crippen LogP contribution in [-0.2, 0) is 9.59 Å². The van der Waals surface area contributed by atoms with Crippen LogP contribution < -0.4 is 5.73 Å². The van der Waals surface area contributed by atoms with Gasteiger partial charge in [-0.2, -0.15) is 0 Å². The van der Waals surface area contributed by atoms with Crippen LogP contribution in [0.5, 0.6) is 0 Å². The van der Waals surface area contributed by atoms with E-state index in [1.165, 1.54) is 4.90 Å². The molecule has 2 aliphatic heterocycles. The van der Waals surface area contributed by atoms with Gasteiger partial charge in [0.2, 0.25) is 5.91 Å². The van der Waals surface area contributed by atoms with Crippen molar-refractivity contribution in [2.75, 3.05) is 19.6 Å². The molecule has 2 aliphatic rings. The summed E-state index contributed by atoms with van der Waals surface area (Å²) in [5.41, 5.74) is 5.25.